The van der Waals surface area contributed by atoms with E-state index in [0.717, 1.165) is 38.4 Å². The molecule has 0 radical (unpaired) electrons. The third-order valence-corrected chi connectivity index (χ3v) is 5.82. The fourth-order valence-electron chi connectivity index (χ4n) is 3.38. The maximum Gasteiger partial charge on any atom is 0.0924 e. The molecule has 116 valence electrons. The molecule has 1 N–H and O–H groups in total. The van der Waals surface area contributed by atoms with Crippen molar-refractivity contribution in [3.05, 3.63) is 42.1 Å². The van der Waals surface area contributed by atoms with E-state index in [2.05, 4.69) is 57.2 Å². The molecule has 2 aliphatic heterocycles. The highest BCUT2D eigenvalue weighted by atomic mass is 32.2. The summed E-state index contributed by atoms with van der Waals surface area (Å²) in [4.78, 5) is 2.60. The molecule has 5 heteroatoms. The van der Waals surface area contributed by atoms with E-state index in [0.29, 0.717) is 11.3 Å². The average molecular weight is 315 g/mol. The van der Waals surface area contributed by atoms with Crippen LogP contribution >= 0.6 is 11.8 Å². The van der Waals surface area contributed by atoms with Gasteiger partial charge in [0.15, 0.2) is 0 Å². The molecule has 0 spiro atoms. The van der Waals surface area contributed by atoms with E-state index < -0.39 is 0 Å². The molecule has 1 aromatic carbocycles. The summed E-state index contributed by atoms with van der Waals surface area (Å²) in [5.74, 6) is 1.20. The average Bonchev–Trinajstić information content (AvgIpc) is 3.05. The first-order valence-electron chi connectivity index (χ1n) is 7.93. The van der Waals surface area contributed by atoms with E-state index in [-0.39, 0.29) is 0 Å². The third kappa shape index (κ3) is 2.93. The summed E-state index contributed by atoms with van der Waals surface area (Å²) >= 11 is 2.07. The summed E-state index contributed by atoms with van der Waals surface area (Å²) in [5.41, 5.74) is 3.41. The zero-order chi connectivity index (χ0) is 14.8. The predicted octanol–water partition coefficient (Wildman–Crippen LogP) is 2.78. The van der Waals surface area contributed by atoms with E-state index in [1.165, 1.54) is 17.0 Å². The quantitative estimate of drug-likeness (QED) is 0.945. The second kappa shape index (κ2) is 6.44. The number of hydrogen-bond donors (Lipinski definition) is 1. The molecule has 22 heavy (non-hydrogen) atoms. The molecule has 0 bridgehead atoms. The van der Waals surface area contributed by atoms with Crippen molar-refractivity contribution in [1.29, 1.82) is 0 Å². The first-order chi connectivity index (χ1) is 10.9. The molecule has 0 saturated carbocycles. The Balaban J connectivity index is 1.48. The lowest BCUT2D eigenvalue weighted by atomic mass is 10.1. The highest BCUT2D eigenvalue weighted by Gasteiger charge is 2.34. The summed E-state index contributed by atoms with van der Waals surface area (Å²) in [6, 6.07) is 13.2. The zero-order valence-corrected chi connectivity index (χ0v) is 13.4. The molecule has 0 amide bonds. The molecule has 1 aromatic heterocycles. The van der Waals surface area contributed by atoms with Gasteiger partial charge in [-0.25, -0.2) is 0 Å². The van der Waals surface area contributed by atoms with Crippen molar-refractivity contribution in [2.24, 2.45) is 0 Å². The van der Waals surface area contributed by atoms with Crippen LogP contribution in [0.3, 0.4) is 0 Å². The van der Waals surface area contributed by atoms with Gasteiger partial charge in [-0.3, -0.25) is 10.00 Å². The standard InChI is InChI=1S/C17H21N3OS/c1-2-4-13(5-3-1)15-10-14(18-19-15)11-20-7-9-22-17-12-21-8-6-16(17)20/h1-5,10,16-17H,6-9,11-12H2,(H,18,19)/t16-,17+/m0/s1. The lowest BCUT2D eigenvalue weighted by molar-refractivity contribution is 0.0347. The molecule has 0 unspecified atom stereocenters. The van der Waals surface area contributed by atoms with E-state index in [1.54, 1.807) is 0 Å². The van der Waals surface area contributed by atoms with Gasteiger partial charge in [0, 0.05) is 48.0 Å². The van der Waals surface area contributed by atoms with Crippen LogP contribution < -0.4 is 0 Å². The number of H-pyrrole nitrogens is 1. The van der Waals surface area contributed by atoms with Crippen LogP contribution in [0.4, 0.5) is 0 Å². The topological polar surface area (TPSA) is 41.1 Å². The number of nitrogens with zero attached hydrogens (tertiary/aromatic N) is 2. The molecule has 2 atom stereocenters. The smallest absolute Gasteiger partial charge is 0.0924 e. The van der Waals surface area contributed by atoms with Crippen LogP contribution in [0.5, 0.6) is 0 Å². The highest BCUT2D eigenvalue weighted by Crippen LogP contribution is 2.31. The van der Waals surface area contributed by atoms with E-state index >= 15 is 0 Å². The number of aromatic nitrogens is 2. The lowest BCUT2D eigenvalue weighted by Gasteiger charge is -2.43. The predicted molar refractivity (Wildman–Crippen MR) is 89.9 cm³/mol. The van der Waals surface area contributed by atoms with Crippen LogP contribution in [-0.4, -0.2) is 51.9 Å². The minimum absolute atomic E-state index is 0.638. The van der Waals surface area contributed by atoms with Crippen molar-refractivity contribution in [2.45, 2.75) is 24.3 Å². The summed E-state index contributed by atoms with van der Waals surface area (Å²) in [6.45, 7) is 3.92. The van der Waals surface area contributed by atoms with Crippen LogP contribution in [0.2, 0.25) is 0 Å². The molecular formula is C17H21N3OS. The summed E-state index contributed by atoms with van der Waals surface area (Å²) in [6.07, 6.45) is 1.15. The lowest BCUT2D eigenvalue weighted by Crippen LogP contribution is -2.51. The molecule has 4 rings (SSSR count). The third-order valence-electron chi connectivity index (χ3n) is 4.52. The maximum atomic E-state index is 5.63. The molecule has 2 saturated heterocycles. The van der Waals surface area contributed by atoms with Crippen molar-refractivity contribution >= 4 is 11.8 Å². The number of nitrogens with one attached hydrogen (secondary N) is 1. The fraction of sp³-hybridized carbons (Fsp3) is 0.471. The first-order valence-corrected chi connectivity index (χ1v) is 8.98. The van der Waals surface area contributed by atoms with Crippen molar-refractivity contribution in [3.8, 4) is 11.3 Å². The van der Waals surface area contributed by atoms with Gasteiger partial charge in [-0.1, -0.05) is 30.3 Å². The Morgan fingerprint density at radius 3 is 3.14 bits per heavy atom. The first kappa shape index (κ1) is 14.3. The Hall–Kier alpha value is -1.30. The summed E-state index contributed by atoms with van der Waals surface area (Å²) < 4.78 is 5.63. The highest BCUT2D eigenvalue weighted by molar-refractivity contribution is 8.00. The largest absolute Gasteiger partial charge is 0.380 e. The molecular weight excluding hydrogens is 294 g/mol. The molecule has 3 heterocycles. The number of benzene rings is 1. The number of rotatable bonds is 3. The van der Waals surface area contributed by atoms with Crippen LogP contribution in [0.25, 0.3) is 11.3 Å². The van der Waals surface area contributed by atoms with Gasteiger partial charge in [-0.15, -0.1) is 0 Å². The Labute approximate surface area is 135 Å². The van der Waals surface area contributed by atoms with Gasteiger partial charge < -0.3 is 4.74 Å². The van der Waals surface area contributed by atoms with Crippen LogP contribution in [0.15, 0.2) is 36.4 Å². The molecule has 2 aliphatic rings. The molecule has 2 aromatic rings. The number of thioether (sulfide) groups is 1. The minimum Gasteiger partial charge on any atom is -0.380 e. The van der Waals surface area contributed by atoms with Gasteiger partial charge in [0.25, 0.3) is 0 Å². The van der Waals surface area contributed by atoms with Gasteiger partial charge in [0.1, 0.15) is 0 Å². The summed E-state index contributed by atoms with van der Waals surface area (Å²) in [5, 5.41) is 8.33. The Morgan fingerprint density at radius 2 is 2.23 bits per heavy atom. The fourth-order valence-corrected chi connectivity index (χ4v) is 4.74. The van der Waals surface area contributed by atoms with Gasteiger partial charge in [0.05, 0.1) is 12.3 Å². The number of hydrogen-bond acceptors (Lipinski definition) is 4. The summed E-state index contributed by atoms with van der Waals surface area (Å²) in [7, 11) is 0. The minimum atomic E-state index is 0.638. The second-order valence-electron chi connectivity index (χ2n) is 5.96. The van der Waals surface area contributed by atoms with E-state index in [9.17, 15) is 0 Å². The molecule has 0 aliphatic carbocycles. The van der Waals surface area contributed by atoms with Crippen molar-refractivity contribution in [2.75, 3.05) is 25.5 Å². The molecule has 4 nitrogen and oxygen atoms in total. The normalized spacial score (nSPS) is 25.8. The van der Waals surface area contributed by atoms with Gasteiger partial charge in [0.2, 0.25) is 0 Å². The van der Waals surface area contributed by atoms with E-state index in [4.69, 9.17) is 4.74 Å². The SMILES string of the molecule is c1ccc(-c2cc(CN3CCS[C@@H]4COCC[C@@H]43)[nH]n2)cc1. The van der Waals surface area contributed by atoms with Crippen LogP contribution in [-0.2, 0) is 11.3 Å². The van der Waals surface area contributed by atoms with Gasteiger partial charge in [-0.05, 0) is 12.5 Å². The Morgan fingerprint density at radius 1 is 1.32 bits per heavy atom. The van der Waals surface area contributed by atoms with Gasteiger partial charge >= 0.3 is 0 Å². The van der Waals surface area contributed by atoms with E-state index in [1.807, 2.05) is 6.07 Å². The Bertz CT molecular complexity index is 613. The second-order valence-corrected chi connectivity index (χ2v) is 7.30. The van der Waals surface area contributed by atoms with Crippen molar-refractivity contribution < 1.29 is 4.74 Å². The van der Waals surface area contributed by atoms with Crippen molar-refractivity contribution in [1.82, 2.24) is 15.1 Å². The van der Waals surface area contributed by atoms with Crippen LogP contribution in [0, 0.1) is 0 Å². The Kier molecular flexibility index (Phi) is 4.19. The monoisotopic (exact) mass is 315 g/mol. The van der Waals surface area contributed by atoms with Crippen molar-refractivity contribution in [3.63, 3.8) is 0 Å². The van der Waals surface area contributed by atoms with Crippen LogP contribution in [0.1, 0.15) is 12.1 Å². The molecule has 2 fully saturated rings. The number of ether oxygens (including phenoxy) is 1. The maximum absolute atomic E-state index is 5.63. The number of fused-ring (bicyclic) bond motifs is 1. The van der Waals surface area contributed by atoms with Gasteiger partial charge in [-0.2, -0.15) is 16.9 Å². The zero-order valence-electron chi connectivity index (χ0n) is 12.6. The number of aromatic amines is 1.